The molecule has 30 heavy (non-hydrogen) atoms. The van der Waals surface area contributed by atoms with Crippen molar-refractivity contribution >= 4 is 23.2 Å². The summed E-state index contributed by atoms with van der Waals surface area (Å²) >= 11 is 5.96. The van der Waals surface area contributed by atoms with Crippen LogP contribution >= 0.6 is 11.6 Å². The largest absolute Gasteiger partial charge is 0.493 e. The molecule has 2 atom stereocenters. The van der Waals surface area contributed by atoms with Crippen LogP contribution in [0.3, 0.4) is 0 Å². The number of alkyl halides is 1. The molecule has 0 aromatic heterocycles. The molecule has 3 rings (SSSR count). The fourth-order valence-corrected chi connectivity index (χ4v) is 4.23. The number of ether oxygens (including phenoxy) is 3. The summed E-state index contributed by atoms with van der Waals surface area (Å²) in [4.78, 5) is 26.6. The number of nitrogens with one attached hydrogen (secondary N) is 1. The van der Waals surface area contributed by atoms with E-state index in [2.05, 4.69) is 5.32 Å². The predicted molar refractivity (Wildman–Crippen MR) is 114 cm³/mol. The number of carbonyl (C=O) groups excluding carboxylic acids is 2. The van der Waals surface area contributed by atoms with E-state index in [0.29, 0.717) is 29.4 Å². The topological polar surface area (TPSA) is 99.9 Å². The standard InChI is InChI=1S/C22H25ClN2O5/c1-28-16-10-14(11-17(29-2)20(16)30-3)19(27)21(24)22(18(26)12-23)15-7-5-4-6-13(15)8-9-25-22/h4-7,10-11,21,25H,8-9,12,24H2,1-3H3. The highest BCUT2D eigenvalue weighted by Crippen LogP contribution is 2.40. The normalized spacial score (nSPS) is 18.8. The summed E-state index contributed by atoms with van der Waals surface area (Å²) in [5, 5.41) is 3.20. The van der Waals surface area contributed by atoms with E-state index in [4.69, 9.17) is 31.5 Å². The number of halogens is 1. The molecule has 1 heterocycles. The fourth-order valence-electron chi connectivity index (χ4n) is 4.02. The summed E-state index contributed by atoms with van der Waals surface area (Å²) in [7, 11) is 4.40. The first-order chi connectivity index (χ1) is 14.4. The summed E-state index contributed by atoms with van der Waals surface area (Å²) in [5.41, 5.74) is 6.95. The number of hydrogen-bond acceptors (Lipinski definition) is 7. The second-order valence-corrected chi connectivity index (χ2v) is 7.22. The third kappa shape index (κ3) is 3.53. The number of hydrogen-bond donors (Lipinski definition) is 2. The second-order valence-electron chi connectivity index (χ2n) is 6.95. The van der Waals surface area contributed by atoms with E-state index in [1.807, 2.05) is 24.3 Å². The first-order valence-electron chi connectivity index (χ1n) is 9.47. The molecule has 0 bridgehead atoms. The van der Waals surface area contributed by atoms with Crippen LogP contribution in [-0.2, 0) is 16.8 Å². The number of methoxy groups -OCH3 is 3. The lowest BCUT2D eigenvalue weighted by Gasteiger charge is -2.42. The van der Waals surface area contributed by atoms with Crippen molar-refractivity contribution in [3.8, 4) is 17.2 Å². The van der Waals surface area contributed by atoms with E-state index < -0.39 is 17.4 Å². The van der Waals surface area contributed by atoms with Gasteiger partial charge in [0.15, 0.2) is 23.1 Å². The molecule has 2 unspecified atom stereocenters. The van der Waals surface area contributed by atoms with Gasteiger partial charge in [-0.05, 0) is 29.7 Å². The van der Waals surface area contributed by atoms with E-state index in [0.717, 1.165) is 12.0 Å². The molecule has 160 valence electrons. The molecule has 0 radical (unpaired) electrons. The zero-order valence-corrected chi connectivity index (χ0v) is 17.9. The number of Topliss-reactive ketones (excluding diaryl/α,β-unsaturated/α-hetero) is 2. The molecule has 0 spiro atoms. The molecule has 0 aliphatic carbocycles. The molecule has 7 nitrogen and oxygen atoms in total. The zero-order valence-electron chi connectivity index (χ0n) is 17.2. The third-order valence-electron chi connectivity index (χ3n) is 5.50. The van der Waals surface area contributed by atoms with E-state index in [1.54, 1.807) is 0 Å². The van der Waals surface area contributed by atoms with Crippen LogP contribution < -0.4 is 25.3 Å². The fraction of sp³-hybridized carbons (Fsp3) is 0.364. The van der Waals surface area contributed by atoms with Gasteiger partial charge in [-0.3, -0.25) is 14.9 Å². The van der Waals surface area contributed by atoms with Crippen molar-refractivity contribution < 1.29 is 23.8 Å². The maximum atomic E-state index is 13.5. The average molecular weight is 433 g/mol. The minimum absolute atomic E-state index is 0.239. The minimum Gasteiger partial charge on any atom is -0.493 e. The van der Waals surface area contributed by atoms with Crippen LogP contribution in [0, 0.1) is 0 Å². The van der Waals surface area contributed by atoms with Crippen molar-refractivity contribution in [2.75, 3.05) is 33.8 Å². The third-order valence-corrected chi connectivity index (χ3v) is 5.74. The monoisotopic (exact) mass is 432 g/mol. The van der Waals surface area contributed by atoms with Crippen LogP contribution in [-0.4, -0.2) is 51.4 Å². The van der Waals surface area contributed by atoms with Crippen molar-refractivity contribution in [3.05, 3.63) is 53.1 Å². The van der Waals surface area contributed by atoms with Gasteiger partial charge in [0.1, 0.15) is 5.54 Å². The molecule has 0 saturated carbocycles. The van der Waals surface area contributed by atoms with Crippen molar-refractivity contribution in [1.82, 2.24) is 5.32 Å². The highest BCUT2D eigenvalue weighted by Gasteiger charge is 2.50. The Bertz CT molecular complexity index is 939. The van der Waals surface area contributed by atoms with Gasteiger partial charge >= 0.3 is 0 Å². The van der Waals surface area contributed by atoms with Crippen LogP contribution in [0.15, 0.2) is 36.4 Å². The molecule has 3 N–H and O–H groups in total. The van der Waals surface area contributed by atoms with Crippen LogP contribution in [0.5, 0.6) is 17.2 Å². The molecule has 0 fully saturated rings. The lowest BCUT2D eigenvalue weighted by molar-refractivity contribution is -0.124. The molecule has 2 aromatic carbocycles. The van der Waals surface area contributed by atoms with E-state index in [9.17, 15) is 9.59 Å². The molecule has 0 amide bonds. The van der Waals surface area contributed by atoms with E-state index >= 15 is 0 Å². The molecular weight excluding hydrogens is 408 g/mol. The summed E-state index contributed by atoms with van der Waals surface area (Å²) in [6.07, 6.45) is 0.721. The number of fused-ring (bicyclic) bond motifs is 1. The molecular formula is C22H25ClN2O5. The first kappa shape index (κ1) is 22.1. The Hall–Kier alpha value is -2.61. The van der Waals surface area contributed by atoms with Crippen LogP contribution in [0.25, 0.3) is 0 Å². The summed E-state index contributed by atoms with van der Waals surface area (Å²) < 4.78 is 16.0. The smallest absolute Gasteiger partial charge is 0.203 e. The van der Waals surface area contributed by atoms with Gasteiger partial charge in [0.25, 0.3) is 0 Å². The lowest BCUT2D eigenvalue weighted by Crippen LogP contribution is -2.66. The molecule has 0 saturated heterocycles. The number of ketones is 2. The highest BCUT2D eigenvalue weighted by atomic mass is 35.5. The highest BCUT2D eigenvalue weighted by molar-refractivity contribution is 6.29. The number of rotatable bonds is 8. The Labute approximate surface area is 180 Å². The molecule has 8 heteroatoms. The zero-order chi connectivity index (χ0) is 21.9. The Morgan fingerprint density at radius 3 is 2.33 bits per heavy atom. The van der Waals surface area contributed by atoms with Gasteiger partial charge in [0.2, 0.25) is 5.75 Å². The Balaban J connectivity index is 2.13. The second kappa shape index (κ2) is 9.04. The quantitative estimate of drug-likeness (QED) is 0.486. The summed E-state index contributed by atoms with van der Waals surface area (Å²) in [6.45, 7) is 0.496. The van der Waals surface area contributed by atoms with Crippen LogP contribution in [0.2, 0.25) is 0 Å². The van der Waals surface area contributed by atoms with Gasteiger partial charge in [-0.25, -0.2) is 0 Å². The maximum absolute atomic E-state index is 13.5. The minimum atomic E-state index is -1.42. The van der Waals surface area contributed by atoms with Crippen molar-refractivity contribution in [2.45, 2.75) is 18.0 Å². The van der Waals surface area contributed by atoms with Crippen LogP contribution in [0.4, 0.5) is 0 Å². The van der Waals surface area contributed by atoms with Gasteiger partial charge < -0.3 is 19.9 Å². The van der Waals surface area contributed by atoms with Crippen molar-refractivity contribution in [1.29, 1.82) is 0 Å². The molecule has 1 aliphatic rings. The van der Waals surface area contributed by atoms with Crippen molar-refractivity contribution in [3.63, 3.8) is 0 Å². The predicted octanol–water partition coefficient (Wildman–Crippen LogP) is 2.07. The van der Waals surface area contributed by atoms with E-state index in [1.165, 1.54) is 33.5 Å². The summed E-state index contributed by atoms with van der Waals surface area (Å²) in [6, 6.07) is 9.30. The average Bonchev–Trinajstić information content (AvgIpc) is 2.80. The number of carbonyl (C=O) groups is 2. The Kier molecular flexibility index (Phi) is 6.65. The molecule has 1 aliphatic heterocycles. The van der Waals surface area contributed by atoms with Gasteiger partial charge in [-0.1, -0.05) is 24.3 Å². The number of nitrogens with two attached hydrogens (primary N) is 1. The Morgan fingerprint density at radius 2 is 1.77 bits per heavy atom. The summed E-state index contributed by atoms with van der Waals surface area (Å²) in [5.74, 6) is -0.0824. The number of benzene rings is 2. The van der Waals surface area contributed by atoms with Gasteiger partial charge in [-0.2, -0.15) is 0 Å². The Morgan fingerprint density at radius 1 is 1.13 bits per heavy atom. The van der Waals surface area contributed by atoms with Crippen molar-refractivity contribution in [2.24, 2.45) is 5.73 Å². The lowest BCUT2D eigenvalue weighted by atomic mass is 9.72. The van der Waals surface area contributed by atoms with Gasteiger partial charge in [-0.15, -0.1) is 11.6 Å². The van der Waals surface area contributed by atoms with E-state index in [-0.39, 0.29) is 17.2 Å². The maximum Gasteiger partial charge on any atom is 0.203 e. The van der Waals surface area contributed by atoms with Crippen LogP contribution in [0.1, 0.15) is 21.5 Å². The first-order valence-corrected chi connectivity index (χ1v) is 10.0. The van der Waals surface area contributed by atoms with Gasteiger partial charge in [0, 0.05) is 12.1 Å². The SMILES string of the molecule is COc1cc(C(=O)C(N)C2(C(=O)CCl)NCCc3ccccc32)cc(OC)c1OC. The van der Waals surface area contributed by atoms with Gasteiger partial charge in [0.05, 0.1) is 33.3 Å². The molecule has 2 aromatic rings.